The molecule has 0 radical (unpaired) electrons. The molecule has 2 N–H and O–H groups in total. The predicted molar refractivity (Wildman–Crippen MR) is 66.9 cm³/mol. The molecular formula is C11H10BrN4O+. The lowest BCUT2D eigenvalue weighted by atomic mass is 10.2. The van der Waals surface area contributed by atoms with Crippen LogP contribution in [-0.4, -0.2) is 23.5 Å². The van der Waals surface area contributed by atoms with E-state index in [1.165, 1.54) is 0 Å². The molecule has 0 unspecified atom stereocenters. The number of nitrogens with two attached hydrogens (primary N) is 1. The average molecular weight is 294 g/mol. The van der Waals surface area contributed by atoms with Crippen LogP contribution in [-0.2, 0) is 0 Å². The molecule has 2 rings (SSSR count). The van der Waals surface area contributed by atoms with Gasteiger partial charge in [-0.1, -0.05) is 4.68 Å². The quantitative estimate of drug-likeness (QED) is 0.796. The zero-order valence-corrected chi connectivity index (χ0v) is 10.7. The number of ether oxygens (including phenoxy) is 1. The van der Waals surface area contributed by atoms with Crippen LogP contribution < -0.4 is 10.5 Å². The minimum Gasteiger partial charge on any atom is -0.405 e. The average Bonchev–Trinajstić information content (AvgIpc) is 2.60. The van der Waals surface area contributed by atoms with Crippen LogP contribution in [0.2, 0.25) is 0 Å². The van der Waals surface area contributed by atoms with E-state index in [-0.39, 0.29) is 0 Å². The van der Waals surface area contributed by atoms with Gasteiger partial charge in [0.1, 0.15) is 12.2 Å². The summed E-state index contributed by atoms with van der Waals surface area (Å²) in [7, 11) is 1.76. The van der Waals surface area contributed by atoms with E-state index >= 15 is 0 Å². The van der Waals surface area contributed by atoms with Crippen molar-refractivity contribution in [1.29, 1.82) is 5.26 Å². The van der Waals surface area contributed by atoms with Gasteiger partial charge < -0.3 is 10.5 Å². The molecule has 86 valence electrons. The van der Waals surface area contributed by atoms with Crippen LogP contribution in [0.25, 0.3) is 0 Å². The third kappa shape index (κ3) is 2.45. The van der Waals surface area contributed by atoms with Gasteiger partial charge in [0, 0.05) is 5.10 Å². The summed E-state index contributed by atoms with van der Waals surface area (Å²) >= 11 is 3.37. The van der Waals surface area contributed by atoms with Crippen LogP contribution in [0.3, 0.4) is 0 Å². The van der Waals surface area contributed by atoms with Crippen LogP contribution in [0.1, 0.15) is 12.0 Å². The molecule has 0 saturated carbocycles. The van der Waals surface area contributed by atoms with Gasteiger partial charge in [0.05, 0.1) is 16.1 Å². The number of hydrogen-bond acceptors (Lipinski definition) is 4. The Morgan fingerprint density at radius 1 is 1.59 bits per heavy atom. The highest BCUT2D eigenvalue weighted by Crippen LogP contribution is 2.26. The van der Waals surface area contributed by atoms with Gasteiger partial charge in [0.15, 0.2) is 12.9 Å². The fraction of sp³-hybridized carbons (Fsp3) is 0.182. The van der Waals surface area contributed by atoms with E-state index in [9.17, 15) is 0 Å². The number of hydrogen-bond donors (Lipinski definition) is 1. The van der Waals surface area contributed by atoms with Crippen molar-refractivity contribution >= 4 is 27.7 Å². The summed E-state index contributed by atoms with van der Waals surface area (Å²) in [6.07, 6.45) is 0.472. The maximum absolute atomic E-state index is 8.83. The fourth-order valence-electron chi connectivity index (χ4n) is 1.43. The molecule has 1 aromatic carbocycles. The number of nitriles is 1. The smallest absolute Gasteiger partial charge is 0.380 e. The van der Waals surface area contributed by atoms with Gasteiger partial charge in [0.25, 0.3) is 0 Å². The third-order valence-electron chi connectivity index (χ3n) is 2.26. The molecule has 0 fully saturated rings. The summed E-state index contributed by atoms with van der Waals surface area (Å²) in [6.45, 7) is 0. The Bertz CT molecular complexity index is 571. The van der Waals surface area contributed by atoms with E-state index in [1.54, 1.807) is 29.9 Å². The summed E-state index contributed by atoms with van der Waals surface area (Å²) < 4.78 is 8.05. The Morgan fingerprint density at radius 3 is 2.94 bits per heavy atom. The standard InChI is InChI=1S/C11H10BrN4O/c1-16-11(5-10(14)15-16)17-9-4-7(6-13)2-3-8(9)12/h2-4H,5H2,1H3,(H2,14,15)/q+1. The predicted octanol–water partition coefficient (Wildman–Crippen LogP) is 1.42. The Labute approximate surface area is 107 Å². The van der Waals surface area contributed by atoms with Crippen LogP contribution >= 0.6 is 15.9 Å². The van der Waals surface area contributed by atoms with E-state index in [0.717, 1.165) is 4.47 Å². The highest BCUT2D eigenvalue weighted by molar-refractivity contribution is 9.10. The van der Waals surface area contributed by atoms with Gasteiger partial charge in [-0.2, -0.15) is 5.26 Å². The summed E-state index contributed by atoms with van der Waals surface area (Å²) in [4.78, 5) is 0. The number of halogens is 1. The Balaban J connectivity index is 2.26. The Kier molecular flexibility index (Phi) is 3.11. The summed E-state index contributed by atoms with van der Waals surface area (Å²) in [5.41, 5.74) is 6.15. The number of rotatable bonds is 1. The largest absolute Gasteiger partial charge is 0.405 e. The molecule has 1 heterocycles. The Hall–Kier alpha value is -1.87. The number of nitrogens with zero attached hydrogens (tertiary/aromatic N) is 3. The lowest BCUT2D eigenvalue weighted by Crippen LogP contribution is -2.18. The first kappa shape index (κ1) is 11.6. The molecule has 6 heteroatoms. The van der Waals surface area contributed by atoms with Crippen molar-refractivity contribution in [2.75, 3.05) is 7.05 Å². The van der Waals surface area contributed by atoms with Gasteiger partial charge in [-0.15, -0.1) is 0 Å². The van der Waals surface area contributed by atoms with Gasteiger partial charge in [0.2, 0.25) is 0 Å². The molecule has 0 atom stereocenters. The van der Waals surface area contributed by atoms with Crippen molar-refractivity contribution in [2.24, 2.45) is 10.8 Å². The van der Waals surface area contributed by atoms with E-state index in [2.05, 4.69) is 27.1 Å². The molecule has 0 spiro atoms. The second-order valence-corrected chi connectivity index (χ2v) is 4.40. The molecule has 0 aliphatic carbocycles. The van der Waals surface area contributed by atoms with E-state index < -0.39 is 0 Å². The first-order chi connectivity index (χ1) is 8.10. The normalized spacial score (nSPS) is 14.5. The maximum Gasteiger partial charge on any atom is 0.380 e. The van der Waals surface area contributed by atoms with Gasteiger partial charge >= 0.3 is 5.90 Å². The third-order valence-corrected chi connectivity index (χ3v) is 2.91. The summed E-state index contributed by atoms with van der Waals surface area (Å²) in [6, 6.07) is 7.21. The molecule has 0 amide bonds. The monoisotopic (exact) mass is 293 g/mol. The molecule has 0 saturated heterocycles. The van der Waals surface area contributed by atoms with Crippen molar-refractivity contribution in [2.45, 2.75) is 6.42 Å². The topological polar surface area (TPSA) is 74.4 Å². The van der Waals surface area contributed by atoms with Crippen molar-refractivity contribution in [3.63, 3.8) is 0 Å². The SMILES string of the molecule is C[N+]1=C(Oc2cc(C#N)ccc2Br)CC(N)=N1. The van der Waals surface area contributed by atoms with Crippen LogP contribution in [0.15, 0.2) is 27.8 Å². The second-order valence-electron chi connectivity index (χ2n) is 3.54. The van der Waals surface area contributed by atoms with Gasteiger partial charge in [-0.3, -0.25) is 0 Å². The van der Waals surface area contributed by atoms with E-state index in [0.29, 0.717) is 29.5 Å². The molecular weight excluding hydrogens is 284 g/mol. The first-order valence-electron chi connectivity index (χ1n) is 4.90. The lowest BCUT2D eigenvalue weighted by Gasteiger charge is -2.04. The second kappa shape index (κ2) is 4.55. The van der Waals surface area contributed by atoms with Gasteiger partial charge in [-0.05, 0) is 34.1 Å². The lowest BCUT2D eigenvalue weighted by molar-refractivity contribution is -0.506. The minimum atomic E-state index is 0.472. The number of amidine groups is 1. The number of benzene rings is 1. The minimum absolute atomic E-state index is 0.472. The highest BCUT2D eigenvalue weighted by atomic mass is 79.9. The van der Waals surface area contributed by atoms with Crippen LogP contribution in [0, 0.1) is 11.3 Å². The molecule has 1 aliphatic rings. The summed E-state index contributed by atoms with van der Waals surface area (Å²) in [5.74, 6) is 1.73. The molecule has 1 aliphatic heterocycles. The maximum atomic E-state index is 8.83. The first-order valence-corrected chi connectivity index (χ1v) is 5.69. The molecule has 17 heavy (non-hydrogen) atoms. The van der Waals surface area contributed by atoms with Crippen molar-refractivity contribution in [1.82, 2.24) is 0 Å². The van der Waals surface area contributed by atoms with Crippen molar-refractivity contribution in [3.8, 4) is 11.8 Å². The zero-order chi connectivity index (χ0) is 12.4. The van der Waals surface area contributed by atoms with Crippen LogP contribution in [0.5, 0.6) is 5.75 Å². The van der Waals surface area contributed by atoms with Crippen molar-refractivity contribution in [3.05, 3.63) is 28.2 Å². The van der Waals surface area contributed by atoms with E-state index in [4.69, 9.17) is 15.7 Å². The molecule has 1 aromatic rings. The van der Waals surface area contributed by atoms with Gasteiger partial charge in [-0.25, -0.2) is 0 Å². The number of hydrazone groups is 1. The van der Waals surface area contributed by atoms with E-state index in [1.807, 2.05) is 0 Å². The zero-order valence-electron chi connectivity index (χ0n) is 9.14. The van der Waals surface area contributed by atoms with Crippen molar-refractivity contribution < 1.29 is 9.42 Å². The highest BCUT2D eigenvalue weighted by Gasteiger charge is 2.25. The molecule has 5 nitrogen and oxygen atoms in total. The fourth-order valence-corrected chi connectivity index (χ4v) is 1.76. The van der Waals surface area contributed by atoms with Crippen LogP contribution in [0.4, 0.5) is 0 Å². The molecule has 0 aromatic heterocycles. The Morgan fingerprint density at radius 2 is 2.35 bits per heavy atom. The summed E-state index contributed by atoms with van der Waals surface area (Å²) in [5, 5.41) is 12.9. The molecule has 0 bridgehead atoms.